The van der Waals surface area contributed by atoms with Crippen molar-refractivity contribution in [2.75, 3.05) is 19.7 Å². The molecule has 0 aliphatic rings. The lowest BCUT2D eigenvalue weighted by Gasteiger charge is -2.31. The van der Waals surface area contributed by atoms with Crippen molar-refractivity contribution in [2.24, 2.45) is 5.92 Å². The number of H-pyrrole nitrogens is 1. The number of aromatic nitrogens is 1. The summed E-state index contributed by atoms with van der Waals surface area (Å²) in [6.07, 6.45) is 3.35. The van der Waals surface area contributed by atoms with Crippen molar-refractivity contribution in [2.45, 2.75) is 68.3 Å². The Bertz CT molecular complexity index is 1790. The molecule has 46 heavy (non-hydrogen) atoms. The highest BCUT2D eigenvalue weighted by Crippen LogP contribution is 2.23. The van der Waals surface area contributed by atoms with Crippen LogP contribution in [0.3, 0.4) is 0 Å². The number of rotatable bonds is 17. The van der Waals surface area contributed by atoms with Crippen LogP contribution >= 0.6 is 0 Å². The monoisotopic (exact) mass is 668 g/mol. The van der Waals surface area contributed by atoms with E-state index in [0.29, 0.717) is 19.3 Å². The zero-order chi connectivity index (χ0) is 33.3. The number of unbranched alkanes of at least 4 members (excludes halogenated alkanes) is 1. The van der Waals surface area contributed by atoms with Gasteiger partial charge in [-0.25, -0.2) is 16.8 Å². The topological polar surface area (TPSA) is 149 Å². The van der Waals surface area contributed by atoms with Gasteiger partial charge in [0.15, 0.2) is 0 Å². The number of aliphatic hydroxyl groups is 1. The summed E-state index contributed by atoms with van der Waals surface area (Å²) in [7, 11) is -7.82. The number of nitrogens with zero attached hydrogens (tertiary/aromatic N) is 1. The summed E-state index contributed by atoms with van der Waals surface area (Å²) in [4.78, 5) is 16.9. The molecule has 0 fully saturated rings. The molecular weight excluding hydrogens is 625 g/mol. The van der Waals surface area contributed by atoms with Crippen LogP contribution in [0.25, 0.3) is 10.9 Å². The second kappa shape index (κ2) is 15.8. The van der Waals surface area contributed by atoms with Gasteiger partial charge in [0.1, 0.15) is 6.04 Å². The molecule has 0 spiro atoms. The number of sulfonamides is 2. The minimum absolute atomic E-state index is 0.0438. The van der Waals surface area contributed by atoms with Gasteiger partial charge >= 0.3 is 0 Å². The van der Waals surface area contributed by atoms with Crippen LogP contribution < -0.4 is 10.0 Å². The van der Waals surface area contributed by atoms with Gasteiger partial charge in [-0.1, -0.05) is 74.4 Å². The van der Waals surface area contributed by atoms with E-state index in [2.05, 4.69) is 15.0 Å². The fourth-order valence-corrected chi connectivity index (χ4v) is 8.40. The van der Waals surface area contributed by atoms with E-state index in [1.54, 1.807) is 48.7 Å². The van der Waals surface area contributed by atoms with E-state index in [4.69, 9.17) is 0 Å². The molecule has 0 saturated heterocycles. The second-order valence-electron chi connectivity index (χ2n) is 12.0. The van der Waals surface area contributed by atoms with Crippen molar-refractivity contribution in [3.8, 4) is 0 Å². The highest BCUT2D eigenvalue weighted by atomic mass is 32.2. The Labute approximate surface area is 272 Å². The molecule has 4 N–H and O–H groups in total. The van der Waals surface area contributed by atoms with Crippen LogP contribution in [0.2, 0.25) is 0 Å². The molecule has 1 aromatic heterocycles. The lowest BCUT2D eigenvalue weighted by atomic mass is 10.0. The van der Waals surface area contributed by atoms with Gasteiger partial charge in [-0.3, -0.25) is 4.79 Å². The molecule has 0 unspecified atom stereocenters. The van der Waals surface area contributed by atoms with E-state index in [1.807, 2.05) is 45.0 Å². The minimum atomic E-state index is -3.98. The first kappa shape index (κ1) is 35.3. The standard InChI is InChI=1S/C34H44N4O6S2/c1-25(2)23-38(46(43,44)30-18-16-26(3)17-19-30)28(24-39)11-9-10-20-35-34(40)33(37-45(41,42)29-12-5-4-6-13-29)21-27-22-36-32-15-8-7-14-31(27)32/h4-8,12-19,22,25,28,33,36-37,39H,9-11,20-21,23-24H2,1-3H3,(H,35,40)/t28-,33-/m0/s1. The van der Waals surface area contributed by atoms with Crippen molar-refractivity contribution < 1.29 is 26.7 Å². The zero-order valence-electron chi connectivity index (χ0n) is 26.5. The molecule has 2 atom stereocenters. The molecule has 0 bridgehead atoms. The Hall–Kier alpha value is -3.55. The first-order valence-electron chi connectivity index (χ1n) is 15.5. The van der Waals surface area contributed by atoms with E-state index in [0.717, 1.165) is 22.0 Å². The fraction of sp³-hybridized carbons (Fsp3) is 0.382. The molecule has 3 aromatic carbocycles. The molecule has 248 valence electrons. The van der Waals surface area contributed by atoms with Gasteiger partial charge in [0.2, 0.25) is 26.0 Å². The van der Waals surface area contributed by atoms with Crippen LogP contribution in [0.15, 0.2) is 94.9 Å². The smallest absolute Gasteiger partial charge is 0.243 e. The van der Waals surface area contributed by atoms with Gasteiger partial charge in [0, 0.05) is 36.2 Å². The molecule has 0 saturated carbocycles. The summed E-state index contributed by atoms with van der Waals surface area (Å²) in [6.45, 7) is 5.93. The van der Waals surface area contributed by atoms with Crippen LogP contribution in [0.4, 0.5) is 0 Å². The van der Waals surface area contributed by atoms with Crippen LogP contribution in [-0.2, 0) is 31.3 Å². The first-order chi connectivity index (χ1) is 21.9. The average Bonchev–Trinajstić information content (AvgIpc) is 3.44. The number of nitrogens with one attached hydrogen (secondary N) is 3. The van der Waals surface area contributed by atoms with Crippen molar-refractivity contribution in [3.63, 3.8) is 0 Å². The molecular formula is C34H44N4O6S2. The summed E-state index contributed by atoms with van der Waals surface area (Å²) in [6, 6.07) is 20.5. The van der Waals surface area contributed by atoms with Gasteiger partial charge in [-0.2, -0.15) is 9.03 Å². The molecule has 4 aromatic rings. The summed E-state index contributed by atoms with van der Waals surface area (Å²) >= 11 is 0. The Balaban J connectivity index is 1.41. The lowest BCUT2D eigenvalue weighted by molar-refractivity contribution is -0.122. The predicted octanol–water partition coefficient (Wildman–Crippen LogP) is 4.36. The Morgan fingerprint density at radius 1 is 0.891 bits per heavy atom. The van der Waals surface area contributed by atoms with Gasteiger partial charge in [0.05, 0.1) is 16.4 Å². The van der Waals surface area contributed by atoms with Crippen LogP contribution in [0.5, 0.6) is 0 Å². The summed E-state index contributed by atoms with van der Waals surface area (Å²) in [5, 5.41) is 14.0. The molecule has 0 aliphatic carbocycles. The number of aryl methyl sites for hydroxylation is 1. The lowest BCUT2D eigenvalue weighted by Crippen LogP contribution is -2.48. The number of hydrogen-bond acceptors (Lipinski definition) is 6. The molecule has 10 nitrogen and oxygen atoms in total. The quantitative estimate of drug-likeness (QED) is 0.123. The van der Waals surface area contributed by atoms with E-state index < -0.39 is 38.0 Å². The number of aromatic amines is 1. The Morgan fingerprint density at radius 3 is 2.24 bits per heavy atom. The molecule has 4 rings (SSSR count). The third-order valence-corrected chi connectivity index (χ3v) is 11.2. The molecule has 0 radical (unpaired) electrons. The number of para-hydroxylation sites is 1. The number of benzene rings is 3. The maximum Gasteiger partial charge on any atom is 0.243 e. The third kappa shape index (κ3) is 9.04. The maximum atomic E-state index is 13.6. The molecule has 1 amide bonds. The van der Waals surface area contributed by atoms with E-state index in [-0.39, 0.29) is 41.8 Å². The SMILES string of the molecule is Cc1ccc(S(=O)(=O)N(CC(C)C)[C@H](CO)CCCCNC(=O)[C@H](Cc2c[nH]c3ccccc23)NS(=O)(=O)c2ccccc2)cc1. The summed E-state index contributed by atoms with van der Waals surface area (Å²) in [5.41, 5.74) is 2.64. The molecule has 0 aliphatic heterocycles. The molecule has 12 heteroatoms. The normalized spacial score (nSPS) is 13.7. The minimum Gasteiger partial charge on any atom is -0.395 e. The number of fused-ring (bicyclic) bond motifs is 1. The molecule has 1 heterocycles. The Morgan fingerprint density at radius 2 is 1.57 bits per heavy atom. The van der Waals surface area contributed by atoms with Gasteiger partial charge in [-0.15, -0.1) is 0 Å². The Kier molecular flexibility index (Phi) is 12.2. The van der Waals surface area contributed by atoms with Gasteiger partial charge < -0.3 is 15.4 Å². The zero-order valence-corrected chi connectivity index (χ0v) is 28.1. The van der Waals surface area contributed by atoms with Gasteiger partial charge in [-0.05, 0) is 68.0 Å². The number of aliphatic hydroxyl groups excluding tert-OH is 1. The maximum absolute atomic E-state index is 13.6. The highest BCUT2D eigenvalue weighted by molar-refractivity contribution is 7.89. The number of carbonyl (C=O) groups excluding carboxylic acids is 1. The summed E-state index contributed by atoms with van der Waals surface area (Å²) < 4.78 is 57.5. The largest absolute Gasteiger partial charge is 0.395 e. The van der Waals surface area contributed by atoms with Gasteiger partial charge in [0.25, 0.3) is 0 Å². The van der Waals surface area contributed by atoms with Crippen LogP contribution in [-0.4, -0.2) is 68.9 Å². The van der Waals surface area contributed by atoms with Crippen molar-refractivity contribution >= 4 is 36.9 Å². The van der Waals surface area contributed by atoms with Crippen molar-refractivity contribution in [1.29, 1.82) is 0 Å². The van der Waals surface area contributed by atoms with E-state index >= 15 is 0 Å². The van der Waals surface area contributed by atoms with Crippen molar-refractivity contribution in [1.82, 2.24) is 19.3 Å². The number of carbonyl (C=O) groups is 1. The third-order valence-electron chi connectivity index (χ3n) is 7.82. The van der Waals surface area contributed by atoms with Crippen LogP contribution in [0, 0.1) is 12.8 Å². The van der Waals surface area contributed by atoms with Crippen molar-refractivity contribution in [3.05, 3.63) is 96.2 Å². The highest BCUT2D eigenvalue weighted by Gasteiger charge is 2.32. The second-order valence-corrected chi connectivity index (χ2v) is 15.6. The predicted molar refractivity (Wildman–Crippen MR) is 180 cm³/mol. The number of hydrogen-bond donors (Lipinski definition) is 4. The average molecular weight is 669 g/mol. The van der Waals surface area contributed by atoms with Crippen LogP contribution in [0.1, 0.15) is 44.2 Å². The fourth-order valence-electron chi connectivity index (χ4n) is 5.38. The number of amides is 1. The van der Waals surface area contributed by atoms with E-state index in [9.17, 15) is 26.7 Å². The van der Waals surface area contributed by atoms with E-state index in [1.165, 1.54) is 16.4 Å². The first-order valence-corrected chi connectivity index (χ1v) is 18.4. The summed E-state index contributed by atoms with van der Waals surface area (Å²) in [5.74, 6) is -0.422.